The molecule has 5 heterocycles. The van der Waals surface area contributed by atoms with Gasteiger partial charge in [-0.05, 0) is 29.5 Å². The van der Waals surface area contributed by atoms with Crippen LogP contribution in [0.1, 0.15) is 10.4 Å². The maximum Gasteiger partial charge on any atom is 0.227 e. The van der Waals surface area contributed by atoms with E-state index < -0.39 is 9.84 Å². The second-order valence-electron chi connectivity index (χ2n) is 7.15. The molecule has 3 aliphatic rings. The Labute approximate surface area is 157 Å². The van der Waals surface area contributed by atoms with Crippen molar-refractivity contribution in [1.29, 1.82) is 0 Å². The zero-order valence-corrected chi connectivity index (χ0v) is 16.0. The molecule has 2 aromatic rings. The topological polar surface area (TPSA) is 78.4 Å². The van der Waals surface area contributed by atoms with Crippen LogP contribution in [0.3, 0.4) is 0 Å². The smallest absolute Gasteiger partial charge is 0.227 e. The highest BCUT2D eigenvalue weighted by Gasteiger charge is 2.43. The number of sulfone groups is 1. The summed E-state index contributed by atoms with van der Waals surface area (Å²) < 4.78 is 24.1. The van der Waals surface area contributed by atoms with E-state index in [2.05, 4.69) is 31.5 Å². The minimum atomic E-state index is -2.98. The van der Waals surface area contributed by atoms with Crippen LogP contribution in [0.4, 0.5) is 11.8 Å². The third-order valence-corrected chi connectivity index (χ3v) is 8.23. The first-order valence-corrected chi connectivity index (χ1v) is 11.6. The summed E-state index contributed by atoms with van der Waals surface area (Å²) in [5.74, 6) is 1.99. The van der Waals surface area contributed by atoms with Gasteiger partial charge >= 0.3 is 0 Å². The SMILES string of the molecule is O=S1(=O)C[C@@H]2NCCN(c3ccnc(N4CCc5sccc5C4)n3)[C@@H]2C1. The second-order valence-corrected chi connectivity index (χ2v) is 10.3. The quantitative estimate of drug-likeness (QED) is 0.806. The number of aromatic nitrogens is 2. The van der Waals surface area contributed by atoms with Gasteiger partial charge in [0.2, 0.25) is 5.95 Å². The minimum Gasteiger partial charge on any atom is -0.350 e. The monoisotopic (exact) mass is 391 g/mol. The molecule has 0 saturated carbocycles. The lowest BCUT2D eigenvalue weighted by atomic mass is 10.1. The van der Waals surface area contributed by atoms with Crippen molar-refractivity contribution < 1.29 is 8.42 Å². The van der Waals surface area contributed by atoms with E-state index in [4.69, 9.17) is 4.98 Å². The molecule has 1 N–H and O–H groups in total. The van der Waals surface area contributed by atoms with Crippen molar-refractivity contribution in [2.45, 2.75) is 25.0 Å². The van der Waals surface area contributed by atoms with Crippen molar-refractivity contribution in [3.8, 4) is 0 Å². The highest BCUT2D eigenvalue weighted by Crippen LogP contribution is 2.29. The molecule has 2 fully saturated rings. The molecular weight excluding hydrogens is 370 g/mol. The van der Waals surface area contributed by atoms with Gasteiger partial charge in [0.15, 0.2) is 9.84 Å². The lowest BCUT2D eigenvalue weighted by Crippen LogP contribution is -2.57. The second kappa shape index (κ2) is 6.17. The van der Waals surface area contributed by atoms with Gasteiger partial charge in [-0.2, -0.15) is 4.98 Å². The fourth-order valence-electron chi connectivity index (χ4n) is 4.22. The lowest BCUT2D eigenvalue weighted by Gasteiger charge is -2.38. The fourth-order valence-corrected chi connectivity index (χ4v) is 7.07. The maximum absolute atomic E-state index is 12.1. The normalized spacial score (nSPS) is 27.2. The number of nitrogens with one attached hydrogen (secondary N) is 1. The molecule has 0 radical (unpaired) electrons. The Bertz CT molecular complexity index is 929. The van der Waals surface area contributed by atoms with Crippen LogP contribution in [0.15, 0.2) is 23.7 Å². The van der Waals surface area contributed by atoms with Gasteiger partial charge in [-0.15, -0.1) is 11.3 Å². The zero-order chi connectivity index (χ0) is 17.7. The number of piperazine rings is 1. The van der Waals surface area contributed by atoms with Gasteiger partial charge in [-0.25, -0.2) is 13.4 Å². The molecule has 5 rings (SSSR count). The molecule has 0 aliphatic carbocycles. The highest BCUT2D eigenvalue weighted by molar-refractivity contribution is 7.91. The molecule has 2 atom stereocenters. The molecular formula is C17H21N5O2S2. The van der Waals surface area contributed by atoms with E-state index in [-0.39, 0.29) is 23.6 Å². The molecule has 138 valence electrons. The Balaban J connectivity index is 1.42. The van der Waals surface area contributed by atoms with E-state index in [0.29, 0.717) is 0 Å². The zero-order valence-electron chi connectivity index (χ0n) is 14.3. The average Bonchev–Trinajstić information content (AvgIpc) is 3.22. The van der Waals surface area contributed by atoms with Gasteiger partial charge in [0.1, 0.15) is 5.82 Å². The highest BCUT2D eigenvalue weighted by atomic mass is 32.2. The number of nitrogens with zero attached hydrogens (tertiary/aromatic N) is 4. The Morgan fingerprint density at radius 3 is 3.08 bits per heavy atom. The molecule has 0 amide bonds. The Hall–Kier alpha value is -1.71. The molecule has 0 unspecified atom stereocenters. The van der Waals surface area contributed by atoms with E-state index in [1.165, 1.54) is 10.4 Å². The van der Waals surface area contributed by atoms with E-state index >= 15 is 0 Å². The van der Waals surface area contributed by atoms with Crippen LogP contribution in [-0.4, -0.2) is 61.6 Å². The third kappa shape index (κ3) is 2.87. The van der Waals surface area contributed by atoms with Gasteiger partial charge in [0.05, 0.1) is 17.5 Å². The van der Waals surface area contributed by atoms with Gasteiger partial charge < -0.3 is 15.1 Å². The minimum absolute atomic E-state index is 0.00415. The lowest BCUT2D eigenvalue weighted by molar-refractivity contribution is 0.422. The van der Waals surface area contributed by atoms with Crippen LogP contribution in [0.5, 0.6) is 0 Å². The summed E-state index contributed by atoms with van der Waals surface area (Å²) in [5, 5.41) is 5.49. The number of hydrogen-bond donors (Lipinski definition) is 1. The largest absolute Gasteiger partial charge is 0.350 e. The van der Waals surface area contributed by atoms with Crippen molar-refractivity contribution >= 4 is 32.9 Å². The van der Waals surface area contributed by atoms with Crippen LogP contribution < -0.4 is 15.1 Å². The summed E-state index contributed by atoms with van der Waals surface area (Å²) in [4.78, 5) is 15.1. The van der Waals surface area contributed by atoms with Crippen LogP contribution >= 0.6 is 11.3 Å². The summed E-state index contributed by atoms with van der Waals surface area (Å²) in [6.45, 7) is 3.29. The molecule has 9 heteroatoms. The Morgan fingerprint density at radius 2 is 2.15 bits per heavy atom. The molecule has 3 aliphatic heterocycles. The van der Waals surface area contributed by atoms with Gasteiger partial charge in [0, 0.05) is 43.3 Å². The predicted octanol–water partition coefficient (Wildman–Crippen LogP) is 0.676. The fraction of sp³-hybridized carbons (Fsp3) is 0.529. The Morgan fingerprint density at radius 1 is 1.23 bits per heavy atom. The van der Waals surface area contributed by atoms with Crippen LogP contribution in [0, 0.1) is 0 Å². The van der Waals surface area contributed by atoms with E-state index in [1.54, 1.807) is 6.20 Å². The standard InChI is InChI=1S/C17H21N5O2S2/c23-26(24)10-13-14(11-26)22(7-5-18-13)16-1-4-19-17(20-16)21-6-2-15-12(9-21)3-8-25-15/h1,3-4,8,13-14,18H,2,5-7,9-11H2/t13-,14+/m0/s1. The number of fused-ring (bicyclic) bond motifs is 2. The molecule has 7 nitrogen and oxygen atoms in total. The van der Waals surface area contributed by atoms with Gasteiger partial charge in [-0.1, -0.05) is 0 Å². The summed E-state index contributed by atoms with van der Waals surface area (Å²) >= 11 is 1.82. The molecule has 26 heavy (non-hydrogen) atoms. The van der Waals surface area contributed by atoms with Crippen molar-refractivity contribution in [3.63, 3.8) is 0 Å². The number of anilines is 2. The number of hydrogen-bond acceptors (Lipinski definition) is 8. The number of rotatable bonds is 2. The van der Waals surface area contributed by atoms with Crippen LogP contribution in [0.2, 0.25) is 0 Å². The van der Waals surface area contributed by atoms with E-state index in [1.807, 2.05) is 17.4 Å². The van der Waals surface area contributed by atoms with Crippen LogP contribution in [-0.2, 0) is 22.8 Å². The third-order valence-electron chi connectivity index (χ3n) is 5.50. The number of thiophene rings is 1. The predicted molar refractivity (Wildman–Crippen MR) is 103 cm³/mol. The molecule has 2 saturated heterocycles. The first-order chi connectivity index (χ1) is 12.6. The van der Waals surface area contributed by atoms with Crippen molar-refractivity contribution in [2.75, 3.05) is 40.9 Å². The van der Waals surface area contributed by atoms with Crippen molar-refractivity contribution in [1.82, 2.24) is 15.3 Å². The maximum atomic E-state index is 12.1. The molecule has 0 bridgehead atoms. The van der Waals surface area contributed by atoms with Crippen molar-refractivity contribution in [3.05, 3.63) is 34.2 Å². The molecule has 2 aromatic heterocycles. The summed E-state index contributed by atoms with van der Waals surface area (Å²) in [6, 6.07) is 4.04. The summed E-state index contributed by atoms with van der Waals surface area (Å²) in [6.07, 6.45) is 2.82. The summed E-state index contributed by atoms with van der Waals surface area (Å²) in [5.41, 5.74) is 1.36. The first-order valence-electron chi connectivity index (χ1n) is 8.93. The first kappa shape index (κ1) is 16.5. The van der Waals surface area contributed by atoms with Gasteiger partial charge in [-0.3, -0.25) is 0 Å². The van der Waals surface area contributed by atoms with E-state index in [9.17, 15) is 8.42 Å². The van der Waals surface area contributed by atoms with Crippen LogP contribution in [0.25, 0.3) is 0 Å². The molecule has 0 aromatic carbocycles. The molecule has 0 spiro atoms. The Kier molecular flexibility index (Phi) is 3.91. The van der Waals surface area contributed by atoms with Crippen molar-refractivity contribution in [2.24, 2.45) is 0 Å². The summed E-state index contributed by atoms with van der Waals surface area (Å²) in [7, 11) is -2.98. The average molecular weight is 392 g/mol. The van der Waals surface area contributed by atoms with Gasteiger partial charge in [0.25, 0.3) is 0 Å². The van der Waals surface area contributed by atoms with E-state index in [0.717, 1.165) is 44.4 Å².